The minimum absolute atomic E-state index is 0.0992. The molecular formula is C24H24O6S. The number of carbonyl (C=O) groups is 1. The van der Waals surface area contributed by atoms with Crippen molar-refractivity contribution in [1.82, 2.24) is 0 Å². The molecule has 3 aromatic carbocycles. The highest BCUT2D eigenvalue weighted by Crippen LogP contribution is 2.26. The molecule has 7 heteroatoms. The zero-order valence-corrected chi connectivity index (χ0v) is 18.0. The molecule has 0 saturated heterocycles. The topological polar surface area (TPSA) is 78.9 Å². The van der Waals surface area contributed by atoms with Crippen LogP contribution in [0.15, 0.2) is 89.8 Å². The first-order valence-electron chi connectivity index (χ1n) is 9.86. The van der Waals surface area contributed by atoms with Gasteiger partial charge >= 0.3 is 5.97 Å². The monoisotopic (exact) mass is 440 g/mol. The lowest BCUT2D eigenvalue weighted by atomic mass is 10.1. The molecule has 0 aliphatic heterocycles. The molecular weight excluding hydrogens is 416 g/mol. The van der Waals surface area contributed by atoms with E-state index in [-0.39, 0.29) is 11.3 Å². The van der Waals surface area contributed by atoms with Crippen LogP contribution in [0.25, 0.3) is 0 Å². The standard InChI is InChI=1S/C24H24O6S/c1-28-24(25)23(17-8-12-19-10-4-2-5-11-19)30-31(26,27)22-16-9-15-21(18-22)29-20-13-6-3-7-14-20/h2-7,9-11,13-16,18,23H,8,12,17H2,1H3/t23-/m1/s1. The summed E-state index contributed by atoms with van der Waals surface area (Å²) >= 11 is 0. The van der Waals surface area contributed by atoms with Crippen LogP contribution in [0.5, 0.6) is 11.5 Å². The van der Waals surface area contributed by atoms with Gasteiger partial charge in [0.25, 0.3) is 10.1 Å². The zero-order chi connectivity index (χ0) is 22.1. The van der Waals surface area contributed by atoms with Crippen LogP contribution in [0.1, 0.15) is 18.4 Å². The first kappa shape index (κ1) is 22.5. The molecule has 0 aromatic heterocycles. The van der Waals surface area contributed by atoms with Crippen molar-refractivity contribution in [3.8, 4) is 11.5 Å². The Balaban J connectivity index is 1.69. The number of methoxy groups -OCH3 is 1. The Morgan fingerprint density at radius 1 is 0.871 bits per heavy atom. The summed E-state index contributed by atoms with van der Waals surface area (Å²) in [5.41, 5.74) is 1.10. The molecule has 31 heavy (non-hydrogen) atoms. The van der Waals surface area contributed by atoms with Crippen molar-refractivity contribution in [3.05, 3.63) is 90.5 Å². The molecule has 3 aromatic rings. The molecule has 0 amide bonds. The fourth-order valence-electron chi connectivity index (χ4n) is 3.00. The number of hydrogen-bond donors (Lipinski definition) is 0. The molecule has 6 nitrogen and oxygen atoms in total. The molecule has 0 unspecified atom stereocenters. The molecule has 3 rings (SSSR count). The highest BCUT2D eigenvalue weighted by atomic mass is 32.2. The van der Waals surface area contributed by atoms with Gasteiger partial charge in [0.2, 0.25) is 0 Å². The van der Waals surface area contributed by atoms with Crippen LogP contribution in [-0.4, -0.2) is 27.6 Å². The van der Waals surface area contributed by atoms with Crippen LogP contribution in [-0.2, 0) is 30.3 Å². The fraction of sp³-hybridized carbons (Fsp3) is 0.208. The molecule has 162 valence electrons. The number of benzene rings is 3. The number of aryl methyl sites for hydroxylation is 1. The zero-order valence-electron chi connectivity index (χ0n) is 17.1. The summed E-state index contributed by atoms with van der Waals surface area (Å²) in [6.45, 7) is 0. The van der Waals surface area contributed by atoms with E-state index in [0.717, 1.165) is 5.56 Å². The van der Waals surface area contributed by atoms with Gasteiger partial charge in [0.05, 0.1) is 12.0 Å². The Hall–Kier alpha value is -3.16. The van der Waals surface area contributed by atoms with E-state index < -0.39 is 22.2 Å². The lowest BCUT2D eigenvalue weighted by molar-refractivity contribution is -0.149. The van der Waals surface area contributed by atoms with Crippen molar-refractivity contribution >= 4 is 16.1 Å². The van der Waals surface area contributed by atoms with E-state index in [1.54, 1.807) is 24.3 Å². The molecule has 0 heterocycles. The van der Waals surface area contributed by atoms with Crippen LogP contribution in [0.4, 0.5) is 0 Å². The number of ether oxygens (including phenoxy) is 2. The first-order chi connectivity index (χ1) is 15.0. The van der Waals surface area contributed by atoms with E-state index in [2.05, 4.69) is 0 Å². The predicted molar refractivity (Wildman–Crippen MR) is 116 cm³/mol. The normalized spacial score (nSPS) is 12.2. The molecule has 1 atom stereocenters. The second-order valence-corrected chi connectivity index (χ2v) is 8.40. The second kappa shape index (κ2) is 10.7. The van der Waals surface area contributed by atoms with Crippen molar-refractivity contribution in [1.29, 1.82) is 0 Å². The third-order valence-electron chi connectivity index (χ3n) is 4.55. The van der Waals surface area contributed by atoms with Gasteiger partial charge in [0, 0.05) is 6.07 Å². The van der Waals surface area contributed by atoms with Gasteiger partial charge in [-0.15, -0.1) is 0 Å². The molecule has 0 bridgehead atoms. The van der Waals surface area contributed by atoms with Crippen LogP contribution >= 0.6 is 0 Å². The van der Waals surface area contributed by atoms with Gasteiger partial charge in [-0.05, 0) is 49.1 Å². The van der Waals surface area contributed by atoms with Crippen molar-refractivity contribution in [3.63, 3.8) is 0 Å². The maximum Gasteiger partial charge on any atom is 0.336 e. The fourth-order valence-corrected chi connectivity index (χ4v) is 4.10. The molecule has 0 aliphatic carbocycles. The van der Waals surface area contributed by atoms with Gasteiger partial charge in [-0.3, -0.25) is 4.18 Å². The first-order valence-corrected chi connectivity index (χ1v) is 11.3. The lowest BCUT2D eigenvalue weighted by Gasteiger charge is -2.16. The average Bonchev–Trinajstić information content (AvgIpc) is 2.79. The van der Waals surface area contributed by atoms with Gasteiger partial charge in [0.15, 0.2) is 6.10 Å². The third kappa shape index (κ3) is 6.67. The second-order valence-electron chi connectivity index (χ2n) is 6.83. The van der Waals surface area contributed by atoms with Crippen molar-refractivity contribution in [2.75, 3.05) is 7.11 Å². The molecule has 0 N–H and O–H groups in total. The van der Waals surface area contributed by atoms with E-state index in [1.807, 2.05) is 48.5 Å². The van der Waals surface area contributed by atoms with Gasteiger partial charge in [0.1, 0.15) is 11.5 Å². The predicted octanol–water partition coefficient (Wildman–Crippen LogP) is 4.75. The minimum Gasteiger partial charge on any atom is -0.467 e. The Bertz CT molecular complexity index is 1080. The highest BCUT2D eigenvalue weighted by molar-refractivity contribution is 7.86. The van der Waals surface area contributed by atoms with Crippen molar-refractivity contribution < 1.29 is 26.9 Å². The smallest absolute Gasteiger partial charge is 0.336 e. The summed E-state index contributed by atoms with van der Waals surface area (Å²) in [6.07, 6.45) is 0.243. The van der Waals surface area contributed by atoms with Crippen LogP contribution in [0, 0.1) is 0 Å². The molecule has 0 radical (unpaired) electrons. The quantitative estimate of drug-likeness (QED) is 0.334. The molecule has 0 fully saturated rings. The molecule has 0 spiro atoms. The number of esters is 1. The maximum absolute atomic E-state index is 12.8. The van der Waals surface area contributed by atoms with Crippen LogP contribution in [0.2, 0.25) is 0 Å². The third-order valence-corrected chi connectivity index (χ3v) is 5.87. The minimum atomic E-state index is -4.21. The maximum atomic E-state index is 12.8. The summed E-state index contributed by atoms with van der Waals surface area (Å²) in [4.78, 5) is 12.0. The lowest BCUT2D eigenvalue weighted by Crippen LogP contribution is -2.28. The van der Waals surface area contributed by atoms with Gasteiger partial charge in [-0.25, -0.2) is 4.79 Å². The number of para-hydroxylation sites is 1. The number of hydrogen-bond acceptors (Lipinski definition) is 6. The molecule has 0 aliphatic rings. The van der Waals surface area contributed by atoms with Crippen molar-refractivity contribution in [2.24, 2.45) is 0 Å². The van der Waals surface area contributed by atoms with Crippen LogP contribution in [0.3, 0.4) is 0 Å². The Morgan fingerprint density at radius 3 is 2.19 bits per heavy atom. The van der Waals surface area contributed by atoms with Crippen molar-refractivity contribution in [2.45, 2.75) is 30.3 Å². The summed E-state index contributed by atoms with van der Waals surface area (Å²) in [7, 11) is -3.00. The summed E-state index contributed by atoms with van der Waals surface area (Å²) in [5, 5.41) is 0. The summed E-state index contributed by atoms with van der Waals surface area (Å²) < 4.78 is 41.3. The SMILES string of the molecule is COC(=O)[C@@H](CCCc1ccccc1)OS(=O)(=O)c1cccc(Oc2ccccc2)c1. The average molecular weight is 441 g/mol. The van der Waals surface area contributed by atoms with Gasteiger partial charge in [-0.1, -0.05) is 54.6 Å². The molecule has 0 saturated carbocycles. The number of carbonyl (C=O) groups excluding carboxylic acids is 1. The van der Waals surface area contributed by atoms with Crippen LogP contribution < -0.4 is 4.74 Å². The van der Waals surface area contributed by atoms with E-state index >= 15 is 0 Å². The number of rotatable bonds is 10. The van der Waals surface area contributed by atoms with E-state index in [1.165, 1.54) is 19.2 Å². The highest BCUT2D eigenvalue weighted by Gasteiger charge is 2.28. The Morgan fingerprint density at radius 2 is 1.52 bits per heavy atom. The summed E-state index contributed by atoms with van der Waals surface area (Å²) in [5.74, 6) is 0.189. The summed E-state index contributed by atoms with van der Waals surface area (Å²) in [6, 6.07) is 24.7. The van der Waals surface area contributed by atoms with Gasteiger partial charge < -0.3 is 9.47 Å². The Labute approximate surface area is 182 Å². The Kier molecular flexibility index (Phi) is 7.81. The van der Waals surface area contributed by atoms with E-state index in [9.17, 15) is 13.2 Å². The van der Waals surface area contributed by atoms with Gasteiger partial charge in [-0.2, -0.15) is 8.42 Å². The van der Waals surface area contributed by atoms with E-state index in [4.69, 9.17) is 13.7 Å². The largest absolute Gasteiger partial charge is 0.467 e. The van der Waals surface area contributed by atoms with E-state index in [0.29, 0.717) is 24.3 Å².